The van der Waals surface area contributed by atoms with E-state index < -0.39 is 23.3 Å². The van der Waals surface area contributed by atoms with E-state index in [9.17, 15) is 22.8 Å². The molecule has 6 nitrogen and oxygen atoms in total. The molecule has 1 aliphatic heterocycles. The number of alkyl halides is 3. The van der Waals surface area contributed by atoms with Crippen molar-refractivity contribution in [2.45, 2.75) is 71.2 Å². The minimum Gasteiger partial charge on any atom is -0.465 e. The molecule has 0 unspecified atom stereocenters. The highest BCUT2D eigenvalue weighted by molar-refractivity contribution is 5.90. The second-order valence-corrected chi connectivity index (χ2v) is 9.19. The zero-order valence-electron chi connectivity index (χ0n) is 19.3. The van der Waals surface area contributed by atoms with E-state index in [0.717, 1.165) is 37.8 Å². The molecule has 0 saturated carbocycles. The minimum atomic E-state index is -4.55. The number of halogens is 3. The number of hydrogen-bond acceptors (Lipinski definition) is 5. The van der Waals surface area contributed by atoms with Crippen LogP contribution >= 0.6 is 0 Å². The third kappa shape index (κ3) is 7.31. The number of ether oxygens (including phenoxy) is 2. The van der Waals surface area contributed by atoms with E-state index >= 15 is 0 Å². The van der Waals surface area contributed by atoms with Gasteiger partial charge in [-0.25, -0.2) is 9.59 Å². The molecule has 1 aromatic rings. The van der Waals surface area contributed by atoms with Gasteiger partial charge in [-0.05, 0) is 77.5 Å². The van der Waals surface area contributed by atoms with E-state index in [-0.39, 0.29) is 29.3 Å². The number of esters is 1. The average molecular weight is 459 g/mol. The van der Waals surface area contributed by atoms with E-state index in [2.05, 4.69) is 10.1 Å². The maximum Gasteiger partial charge on any atom is 0.418 e. The van der Waals surface area contributed by atoms with Crippen LogP contribution in [0.4, 0.5) is 23.7 Å². The molecular weight excluding hydrogens is 425 g/mol. The van der Waals surface area contributed by atoms with Crippen molar-refractivity contribution in [3.8, 4) is 0 Å². The molecule has 0 bridgehead atoms. The van der Waals surface area contributed by atoms with Gasteiger partial charge in [0.1, 0.15) is 5.60 Å². The molecule has 180 valence electrons. The average Bonchev–Trinajstić information content (AvgIpc) is 2.64. The zero-order chi connectivity index (χ0) is 24.1. The maximum absolute atomic E-state index is 13.5. The smallest absolute Gasteiger partial charge is 0.418 e. The molecule has 1 amide bonds. The molecule has 1 N–H and O–H groups in total. The summed E-state index contributed by atoms with van der Waals surface area (Å²) in [6.45, 7) is 8.41. The Morgan fingerprint density at radius 3 is 2.22 bits per heavy atom. The number of anilines is 1. The van der Waals surface area contributed by atoms with E-state index in [4.69, 9.17) is 4.74 Å². The lowest BCUT2D eigenvalue weighted by Gasteiger charge is -2.33. The molecule has 0 spiro atoms. The largest absolute Gasteiger partial charge is 0.465 e. The summed E-state index contributed by atoms with van der Waals surface area (Å²) in [4.78, 5) is 25.8. The number of nitrogens with zero attached hydrogens (tertiary/aromatic N) is 1. The summed E-state index contributed by atoms with van der Waals surface area (Å²) in [6, 6.07) is 2.96. The summed E-state index contributed by atoms with van der Waals surface area (Å²) in [5.41, 5.74) is -1.46. The normalized spacial score (nSPS) is 17.2. The van der Waals surface area contributed by atoms with Crippen molar-refractivity contribution in [1.82, 2.24) is 4.90 Å². The van der Waals surface area contributed by atoms with Gasteiger partial charge in [0.05, 0.1) is 18.2 Å². The van der Waals surface area contributed by atoms with Gasteiger partial charge in [0.25, 0.3) is 0 Å². The van der Waals surface area contributed by atoms with E-state index in [1.807, 2.05) is 27.7 Å². The van der Waals surface area contributed by atoms with Crippen molar-refractivity contribution < 1.29 is 32.2 Å². The van der Waals surface area contributed by atoms with E-state index in [1.165, 1.54) is 13.2 Å². The number of hydrogen-bond donors (Lipinski definition) is 1. The first kappa shape index (κ1) is 25.8. The number of amides is 1. The van der Waals surface area contributed by atoms with Gasteiger partial charge >= 0.3 is 18.2 Å². The summed E-state index contributed by atoms with van der Waals surface area (Å²) in [6.07, 6.45) is -1.92. The Morgan fingerprint density at radius 1 is 1.12 bits per heavy atom. The Bertz CT molecular complexity index is 795. The van der Waals surface area contributed by atoms with Crippen molar-refractivity contribution in [1.29, 1.82) is 0 Å². The Hall–Kier alpha value is -2.45. The summed E-state index contributed by atoms with van der Waals surface area (Å²) >= 11 is 0. The van der Waals surface area contributed by atoms with Crippen LogP contribution in [-0.2, 0) is 15.7 Å². The predicted octanol–water partition coefficient (Wildman–Crippen LogP) is 5.72. The van der Waals surface area contributed by atoms with Gasteiger partial charge in [-0.1, -0.05) is 0 Å². The molecule has 1 atom stereocenters. The zero-order valence-corrected chi connectivity index (χ0v) is 19.3. The molecule has 9 heteroatoms. The fraction of sp³-hybridized carbons (Fsp3) is 0.652. The molecule has 2 rings (SSSR count). The number of nitrogens with one attached hydrogen (secondary N) is 1. The number of likely N-dealkylation sites (tertiary alicyclic amines) is 1. The molecule has 0 radical (unpaired) electrons. The van der Waals surface area contributed by atoms with E-state index in [1.54, 1.807) is 4.90 Å². The molecule has 1 aliphatic rings. The van der Waals surface area contributed by atoms with Crippen LogP contribution < -0.4 is 5.32 Å². The first-order valence-electron chi connectivity index (χ1n) is 10.9. The topological polar surface area (TPSA) is 67.9 Å². The van der Waals surface area contributed by atoms with Crippen molar-refractivity contribution in [3.63, 3.8) is 0 Å². The van der Waals surface area contributed by atoms with Crippen LogP contribution in [0.25, 0.3) is 0 Å². The van der Waals surface area contributed by atoms with Gasteiger partial charge in [0.2, 0.25) is 0 Å². The third-order valence-corrected chi connectivity index (χ3v) is 5.49. The lowest BCUT2D eigenvalue weighted by molar-refractivity contribution is -0.137. The quantitative estimate of drug-likeness (QED) is 0.585. The van der Waals surface area contributed by atoms with Crippen LogP contribution in [0, 0.1) is 5.92 Å². The molecular formula is C23H33F3N2O4. The molecule has 0 aromatic heterocycles. The molecule has 1 saturated heterocycles. The van der Waals surface area contributed by atoms with Gasteiger partial charge in [-0.3, -0.25) is 0 Å². The molecule has 32 heavy (non-hydrogen) atoms. The van der Waals surface area contributed by atoms with Gasteiger partial charge in [0.15, 0.2) is 0 Å². The van der Waals surface area contributed by atoms with Gasteiger partial charge in [-0.15, -0.1) is 0 Å². The molecule has 1 aromatic carbocycles. The Kier molecular flexibility index (Phi) is 8.42. The van der Waals surface area contributed by atoms with Gasteiger partial charge < -0.3 is 19.7 Å². The van der Waals surface area contributed by atoms with Crippen LogP contribution in [0.15, 0.2) is 18.2 Å². The van der Waals surface area contributed by atoms with Crippen LogP contribution in [0.5, 0.6) is 0 Å². The first-order chi connectivity index (χ1) is 14.8. The summed E-state index contributed by atoms with van der Waals surface area (Å²) in [7, 11) is 1.19. The highest BCUT2D eigenvalue weighted by Gasteiger charge is 2.35. The van der Waals surface area contributed by atoms with Crippen molar-refractivity contribution >= 4 is 17.7 Å². The van der Waals surface area contributed by atoms with Crippen molar-refractivity contribution in [3.05, 3.63) is 29.3 Å². The monoisotopic (exact) mass is 458 g/mol. The van der Waals surface area contributed by atoms with Crippen LogP contribution in [0.3, 0.4) is 0 Å². The van der Waals surface area contributed by atoms with E-state index in [0.29, 0.717) is 13.1 Å². The second-order valence-electron chi connectivity index (χ2n) is 9.19. The van der Waals surface area contributed by atoms with Crippen molar-refractivity contribution in [2.24, 2.45) is 5.92 Å². The number of benzene rings is 1. The lowest BCUT2D eigenvalue weighted by atomic mass is 9.89. The standard InChI is InChI=1S/C23H33F3N2O4/c1-15(16-8-6-12-28(13-7-9-16)21(30)32-22(2,3)4)27-19-14-17(20(29)31-5)10-11-18(19)23(24,25)26/h10-11,14-16,27H,6-9,12-13H2,1-5H3/t15-/m0/s1. The Labute approximate surface area is 187 Å². The maximum atomic E-state index is 13.5. The summed E-state index contributed by atoms with van der Waals surface area (Å²) < 4.78 is 50.6. The van der Waals surface area contributed by atoms with Crippen LogP contribution in [-0.4, -0.2) is 48.8 Å². The Balaban J connectivity index is 2.07. The number of rotatable bonds is 4. The Morgan fingerprint density at radius 2 is 1.72 bits per heavy atom. The summed E-state index contributed by atoms with van der Waals surface area (Å²) in [5, 5.41) is 2.99. The van der Waals surface area contributed by atoms with Crippen LogP contribution in [0.1, 0.15) is 69.3 Å². The summed E-state index contributed by atoms with van der Waals surface area (Å²) in [5.74, 6) is -0.568. The fourth-order valence-corrected chi connectivity index (χ4v) is 3.87. The SMILES string of the molecule is COC(=O)c1ccc(C(F)(F)F)c(N[C@@H](C)C2CCCN(C(=O)OC(C)(C)C)CCC2)c1. The van der Waals surface area contributed by atoms with Gasteiger partial charge in [-0.2, -0.15) is 13.2 Å². The lowest BCUT2D eigenvalue weighted by Crippen LogP contribution is -2.40. The third-order valence-electron chi connectivity index (χ3n) is 5.49. The highest BCUT2D eigenvalue weighted by Crippen LogP contribution is 2.36. The fourth-order valence-electron chi connectivity index (χ4n) is 3.87. The number of carbonyl (C=O) groups excluding carboxylic acids is 2. The second kappa shape index (κ2) is 10.4. The molecule has 1 fully saturated rings. The van der Waals surface area contributed by atoms with Crippen molar-refractivity contribution in [2.75, 3.05) is 25.5 Å². The van der Waals surface area contributed by atoms with Gasteiger partial charge in [0, 0.05) is 24.8 Å². The molecule has 1 heterocycles. The molecule has 0 aliphatic carbocycles. The minimum absolute atomic E-state index is 0.0564. The number of carbonyl (C=O) groups is 2. The predicted molar refractivity (Wildman–Crippen MR) is 116 cm³/mol. The number of methoxy groups -OCH3 is 1. The highest BCUT2D eigenvalue weighted by atomic mass is 19.4. The van der Waals surface area contributed by atoms with Crippen LogP contribution in [0.2, 0.25) is 0 Å². The first-order valence-corrected chi connectivity index (χ1v) is 10.9.